The predicted molar refractivity (Wildman–Crippen MR) is 65.9 cm³/mol. The van der Waals surface area contributed by atoms with Crippen LogP contribution in [-0.2, 0) is 11.2 Å². The molecule has 0 radical (unpaired) electrons. The third-order valence-electron chi connectivity index (χ3n) is 2.39. The van der Waals surface area contributed by atoms with Gasteiger partial charge in [0.2, 0.25) is 5.91 Å². The molecule has 94 valence electrons. The number of amides is 1. The number of H-pyrrole nitrogens is 1. The molecule has 1 aromatic rings. The van der Waals surface area contributed by atoms with Crippen molar-refractivity contribution in [2.24, 2.45) is 5.92 Å². The van der Waals surface area contributed by atoms with E-state index in [2.05, 4.69) is 15.3 Å². The number of aromatic amines is 1. The molecule has 0 saturated heterocycles. The van der Waals surface area contributed by atoms with Gasteiger partial charge in [0.05, 0.1) is 6.42 Å². The fourth-order valence-electron chi connectivity index (χ4n) is 1.50. The number of carbonyl (C=O) groups is 1. The van der Waals surface area contributed by atoms with Gasteiger partial charge in [0.15, 0.2) is 0 Å². The molecule has 0 aliphatic rings. The highest BCUT2D eigenvalue weighted by Crippen LogP contribution is 2.00. The zero-order valence-electron chi connectivity index (χ0n) is 10.8. The SMILES string of the molecule is Cc1nc(C)c(CC(=O)NCC(C)C)c(=O)[nH]1. The van der Waals surface area contributed by atoms with Crippen molar-refractivity contribution in [2.75, 3.05) is 6.54 Å². The van der Waals surface area contributed by atoms with Crippen molar-refractivity contribution in [2.45, 2.75) is 34.1 Å². The molecule has 1 amide bonds. The molecule has 1 rings (SSSR count). The number of carbonyl (C=O) groups excluding carboxylic acids is 1. The summed E-state index contributed by atoms with van der Waals surface area (Å²) in [7, 11) is 0. The number of rotatable bonds is 4. The van der Waals surface area contributed by atoms with Gasteiger partial charge in [-0.2, -0.15) is 0 Å². The Kier molecular flexibility index (Phi) is 4.43. The van der Waals surface area contributed by atoms with E-state index in [1.165, 1.54) is 0 Å². The maximum Gasteiger partial charge on any atom is 0.254 e. The third kappa shape index (κ3) is 4.01. The van der Waals surface area contributed by atoms with Gasteiger partial charge < -0.3 is 10.3 Å². The van der Waals surface area contributed by atoms with E-state index in [1.54, 1.807) is 13.8 Å². The second kappa shape index (κ2) is 5.61. The fraction of sp³-hybridized carbons (Fsp3) is 0.583. The lowest BCUT2D eigenvalue weighted by molar-refractivity contribution is -0.120. The van der Waals surface area contributed by atoms with Crippen LogP contribution in [0.2, 0.25) is 0 Å². The first-order chi connectivity index (χ1) is 7.90. The van der Waals surface area contributed by atoms with Crippen molar-refractivity contribution in [3.63, 3.8) is 0 Å². The smallest absolute Gasteiger partial charge is 0.254 e. The first-order valence-electron chi connectivity index (χ1n) is 5.73. The summed E-state index contributed by atoms with van der Waals surface area (Å²) in [6.07, 6.45) is 0.0845. The molecule has 0 fully saturated rings. The summed E-state index contributed by atoms with van der Waals surface area (Å²) in [4.78, 5) is 30.0. The van der Waals surface area contributed by atoms with Crippen LogP contribution in [0.3, 0.4) is 0 Å². The molecule has 0 aliphatic heterocycles. The lowest BCUT2D eigenvalue weighted by Gasteiger charge is -2.08. The molecule has 0 unspecified atom stereocenters. The van der Waals surface area contributed by atoms with Gasteiger partial charge in [-0.15, -0.1) is 0 Å². The van der Waals surface area contributed by atoms with Crippen molar-refractivity contribution in [1.82, 2.24) is 15.3 Å². The van der Waals surface area contributed by atoms with Crippen LogP contribution in [0, 0.1) is 19.8 Å². The van der Waals surface area contributed by atoms with Crippen molar-refractivity contribution < 1.29 is 4.79 Å². The number of aromatic nitrogens is 2. The van der Waals surface area contributed by atoms with E-state index in [-0.39, 0.29) is 17.9 Å². The number of nitrogens with zero attached hydrogens (tertiary/aromatic N) is 1. The lowest BCUT2D eigenvalue weighted by Crippen LogP contribution is -2.31. The number of hydrogen-bond acceptors (Lipinski definition) is 3. The Morgan fingerprint density at radius 1 is 1.41 bits per heavy atom. The second-order valence-corrected chi connectivity index (χ2v) is 4.59. The van der Waals surface area contributed by atoms with Gasteiger partial charge >= 0.3 is 0 Å². The molecule has 0 saturated carbocycles. The largest absolute Gasteiger partial charge is 0.356 e. The molecule has 0 bridgehead atoms. The number of hydrogen-bond donors (Lipinski definition) is 2. The molecule has 0 aliphatic carbocycles. The molecule has 5 heteroatoms. The molecular weight excluding hydrogens is 218 g/mol. The molecule has 5 nitrogen and oxygen atoms in total. The Hall–Kier alpha value is -1.65. The minimum absolute atomic E-state index is 0.0845. The normalized spacial score (nSPS) is 10.6. The van der Waals surface area contributed by atoms with Gasteiger partial charge in [-0.05, 0) is 19.8 Å². The number of nitrogens with one attached hydrogen (secondary N) is 2. The Morgan fingerprint density at radius 2 is 2.06 bits per heavy atom. The van der Waals surface area contributed by atoms with Crippen LogP contribution in [0.15, 0.2) is 4.79 Å². The van der Waals surface area contributed by atoms with Gasteiger partial charge in [-0.3, -0.25) is 9.59 Å². The molecule has 1 aromatic heterocycles. The van der Waals surface area contributed by atoms with Gasteiger partial charge in [-0.25, -0.2) is 4.98 Å². The van der Waals surface area contributed by atoms with Crippen LogP contribution in [0.1, 0.15) is 30.9 Å². The molecule has 2 N–H and O–H groups in total. The van der Waals surface area contributed by atoms with Crippen LogP contribution in [0.5, 0.6) is 0 Å². The van der Waals surface area contributed by atoms with E-state index in [9.17, 15) is 9.59 Å². The maximum atomic E-state index is 11.7. The maximum absolute atomic E-state index is 11.7. The summed E-state index contributed by atoms with van der Waals surface area (Å²) in [6, 6.07) is 0. The topological polar surface area (TPSA) is 74.8 Å². The minimum atomic E-state index is -0.227. The summed E-state index contributed by atoms with van der Waals surface area (Å²) in [5, 5.41) is 2.78. The zero-order chi connectivity index (χ0) is 13.0. The predicted octanol–water partition coefficient (Wildman–Crippen LogP) is 0.701. The minimum Gasteiger partial charge on any atom is -0.356 e. The molecule has 0 spiro atoms. The zero-order valence-corrected chi connectivity index (χ0v) is 10.8. The quantitative estimate of drug-likeness (QED) is 0.809. The Morgan fingerprint density at radius 3 is 2.59 bits per heavy atom. The summed E-state index contributed by atoms with van der Waals surface area (Å²) in [5.74, 6) is 0.825. The lowest BCUT2D eigenvalue weighted by atomic mass is 10.1. The van der Waals surface area contributed by atoms with Gasteiger partial charge in [0, 0.05) is 17.8 Å². The van der Waals surface area contributed by atoms with Crippen molar-refractivity contribution in [3.8, 4) is 0 Å². The first-order valence-corrected chi connectivity index (χ1v) is 5.73. The highest BCUT2D eigenvalue weighted by molar-refractivity contribution is 5.78. The van der Waals surface area contributed by atoms with Crippen LogP contribution in [-0.4, -0.2) is 22.4 Å². The Labute approximate surface area is 101 Å². The van der Waals surface area contributed by atoms with E-state index in [0.717, 1.165) is 0 Å². The van der Waals surface area contributed by atoms with Crippen LogP contribution < -0.4 is 10.9 Å². The highest BCUT2D eigenvalue weighted by atomic mass is 16.2. The monoisotopic (exact) mass is 237 g/mol. The molecule has 17 heavy (non-hydrogen) atoms. The third-order valence-corrected chi connectivity index (χ3v) is 2.39. The fourth-order valence-corrected chi connectivity index (χ4v) is 1.50. The molecule has 0 aromatic carbocycles. The Bertz CT molecular complexity index is 463. The second-order valence-electron chi connectivity index (χ2n) is 4.59. The summed E-state index contributed by atoms with van der Waals surface area (Å²) < 4.78 is 0. The molecule has 1 heterocycles. The first kappa shape index (κ1) is 13.4. The summed E-state index contributed by atoms with van der Waals surface area (Å²) >= 11 is 0. The van der Waals surface area contributed by atoms with Crippen molar-refractivity contribution >= 4 is 5.91 Å². The summed E-state index contributed by atoms with van der Waals surface area (Å²) in [5.41, 5.74) is 0.831. The van der Waals surface area contributed by atoms with Crippen LogP contribution in [0.25, 0.3) is 0 Å². The van der Waals surface area contributed by atoms with Gasteiger partial charge in [0.25, 0.3) is 5.56 Å². The van der Waals surface area contributed by atoms with Gasteiger partial charge in [0.1, 0.15) is 5.82 Å². The van der Waals surface area contributed by atoms with Crippen molar-refractivity contribution in [3.05, 3.63) is 27.4 Å². The van der Waals surface area contributed by atoms with E-state index >= 15 is 0 Å². The van der Waals surface area contributed by atoms with E-state index in [1.807, 2.05) is 13.8 Å². The van der Waals surface area contributed by atoms with Crippen molar-refractivity contribution in [1.29, 1.82) is 0 Å². The van der Waals surface area contributed by atoms with E-state index < -0.39 is 0 Å². The molecular formula is C12H19N3O2. The highest BCUT2D eigenvalue weighted by Gasteiger charge is 2.11. The molecule has 0 atom stereocenters. The number of aryl methyl sites for hydroxylation is 2. The van der Waals surface area contributed by atoms with Gasteiger partial charge in [-0.1, -0.05) is 13.8 Å². The standard InChI is InChI=1S/C12H19N3O2/c1-7(2)6-13-11(16)5-10-8(3)14-9(4)15-12(10)17/h7H,5-6H2,1-4H3,(H,13,16)(H,14,15,17). The van der Waals surface area contributed by atoms with Crippen LogP contribution >= 0.6 is 0 Å². The Balaban J connectivity index is 2.75. The summed E-state index contributed by atoms with van der Waals surface area (Å²) in [6.45, 7) is 8.12. The average Bonchev–Trinajstić information content (AvgIpc) is 2.20. The van der Waals surface area contributed by atoms with E-state index in [4.69, 9.17) is 0 Å². The average molecular weight is 237 g/mol. The van der Waals surface area contributed by atoms with Crippen LogP contribution in [0.4, 0.5) is 0 Å². The van der Waals surface area contributed by atoms with E-state index in [0.29, 0.717) is 29.5 Å².